The Kier molecular flexibility index (Phi) is 6.02. The number of hydrogen-bond acceptors (Lipinski definition) is 6. The second-order valence-corrected chi connectivity index (χ2v) is 11.3. The first-order valence-electron chi connectivity index (χ1n) is 14.1. The average Bonchev–Trinajstić information content (AvgIpc) is 3.41. The summed E-state index contributed by atoms with van der Waals surface area (Å²) in [5, 5.41) is 0. The van der Waals surface area contributed by atoms with E-state index in [1.165, 1.54) is 9.80 Å². The van der Waals surface area contributed by atoms with E-state index in [1.807, 2.05) is 48.6 Å². The van der Waals surface area contributed by atoms with Crippen LogP contribution in [0.15, 0.2) is 103 Å². The Hall–Kier alpha value is -5.50. The van der Waals surface area contributed by atoms with Gasteiger partial charge >= 0.3 is 0 Å². The van der Waals surface area contributed by atoms with Gasteiger partial charge in [-0.1, -0.05) is 60.7 Å². The number of amides is 4. The molecule has 2 aliphatic heterocycles. The van der Waals surface area contributed by atoms with Crippen molar-refractivity contribution < 1.29 is 19.2 Å². The predicted octanol–water partition coefficient (Wildman–Crippen LogP) is 4.68. The van der Waals surface area contributed by atoms with Crippen molar-refractivity contribution in [2.45, 2.75) is 6.92 Å². The molecule has 4 atom stereocenters. The second kappa shape index (κ2) is 9.80. The maximum Gasteiger partial charge on any atom is 0.241 e. The number of nitrogens with zero attached hydrogens (tertiary/aromatic N) is 2. The summed E-state index contributed by atoms with van der Waals surface area (Å²) in [6.45, 7) is 1.77. The fourth-order valence-electron chi connectivity index (χ4n) is 6.35. The summed E-state index contributed by atoms with van der Waals surface area (Å²) in [6.07, 6.45) is 11.0. The van der Waals surface area contributed by atoms with Crippen LogP contribution >= 0.6 is 0 Å². The molecule has 43 heavy (non-hydrogen) atoms. The number of carbonyl (C=O) groups excluding carboxylic acids is 4. The molecule has 0 bridgehead atoms. The van der Waals surface area contributed by atoms with Crippen LogP contribution < -0.4 is 21.3 Å². The Balaban J connectivity index is 1.15. The number of allylic oxidation sites excluding steroid dienone is 4. The maximum atomic E-state index is 13.6. The van der Waals surface area contributed by atoms with Gasteiger partial charge in [-0.05, 0) is 77.2 Å². The molecule has 7 rings (SSSR count). The quantitative estimate of drug-likeness (QED) is 0.348. The van der Waals surface area contributed by atoms with Gasteiger partial charge < -0.3 is 11.5 Å². The van der Waals surface area contributed by atoms with Gasteiger partial charge in [0.05, 0.1) is 35.0 Å². The van der Waals surface area contributed by atoms with Gasteiger partial charge in [0.25, 0.3) is 0 Å². The van der Waals surface area contributed by atoms with Crippen molar-refractivity contribution in [3.05, 3.63) is 120 Å². The van der Waals surface area contributed by atoms with Crippen LogP contribution in [0.4, 0.5) is 22.7 Å². The van der Waals surface area contributed by atoms with Crippen molar-refractivity contribution in [1.29, 1.82) is 0 Å². The summed E-state index contributed by atoms with van der Waals surface area (Å²) in [5.74, 6) is -3.68. The monoisotopic (exact) mass is 568 g/mol. The molecule has 0 spiro atoms. The number of carbonyl (C=O) groups is 4. The van der Waals surface area contributed by atoms with Crippen LogP contribution in [0.5, 0.6) is 0 Å². The van der Waals surface area contributed by atoms with Crippen LogP contribution in [0.3, 0.4) is 0 Å². The Morgan fingerprint density at radius 1 is 0.558 bits per heavy atom. The van der Waals surface area contributed by atoms with Crippen LogP contribution in [-0.4, -0.2) is 23.6 Å². The molecular formula is C35H28N4O4. The molecule has 8 nitrogen and oxygen atoms in total. The molecule has 2 fully saturated rings. The molecule has 2 saturated heterocycles. The molecular weight excluding hydrogens is 540 g/mol. The highest BCUT2D eigenvalue weighted by Gasteiger charge is 2.49. The van der Waals surface area contributed by atoms with E-state index in [0.29, 0.717) is 28.3 Å². The van der Waals surface area contributed by atoms with Gasteiger partial charge in [-0.2, -0.15) is 0 Å². The number of hydrogen-bond donors (Lipinski definition) is 2. The molecule has 2 aliphatic carbocycles. The fourth-order valence-corrected chi connectivity index (χ4v) is 6.35. The lowest BCUT2D eigenvalue weighted by Crippen LogP contribution is -2.32. The molecule has 2 heterocycles. The summed E-state index contributed by atoms with van der Waals surface area (Å²) in [5.41, 5.74) is 17.9. The minimum absolute atomic E-state index is 0.306. The van der Waals surface area contributed by atoms with Gasteiger partial charge in [0.2, 0.25) is 23.6 Å². The topological polar surface area (TPSA) is 127 Å². The molecule has 3 aromatic carbocycles. The third kappa shape index (κ3) is 4.22. The maximum absolute atomic E-state index is 13.6. The van der Waals surface area contributed by atoms with Crippen molar-refractivity contribution in [3.8, 4) is 0 Å². The number of anilines is 4. The van der Waals surface area contributed by atoms with Crippen molar-refractivity contribution >= 4 is 57.5 Å². The summed E-state index contributed by atoms with van der Waals surface area (Å²) in [7, 11) is 0. The highest BCUT2D eigenvalue weighted by molar-refractivity contribution is 6.26. The molecule has 0 radical (unpaired) electrons. The van der Waals surface area contributed by atoms with Gasteiger partial charge in [0.15, 0.2) is 0 Å². The summed E-state index contributed by atoms with van der Waals surface area (Å²) in [6, 6.07) is 19.7. The molecule has 8 heteroatoms. The van der Waals surface area contributed by atoms with Crippen molar-refractivity contribution in [3.63, 3.8) is 0 Å². The lowest BCUT2D eigenvalue weighted by atomic mass is 9.86. The SMILES string of the molecule is Cc1cc(N2C(=O)C3C=CC(c4ccc(N)cc4)=CC3C2=O)ccc1N1C(=O)C2C=CC(c3ccc(N)cc3)=CC2C1=O. The van der Waals surface area contributed by atoms with Crippen molar-refractivity contribution in [1.82, 2.24) is 0 Å². The van der Waals surface area contributed by atoms with Crippen molar-refractivity contribution in [2.75, 3.05) is 21.3 Å². The zero-order valence-electron chi connectivity index (χ0n) is 23.3. The third-order valence-electron chi connectivity index (χ3n) is 8.65. The molecule has 212 valence electrons. The highest BCUT2D eigenvalue weighted by atomic mass is 16.2. The van der Waals surface area contributed by atoms with E-state index in [1.54, 1.807) is 61.5 Å². The van der Waals surface area contributed by atoms with E-state index in [9.17, 15) is 19.2 Å². The van der Waals surface area contributed by atoms with E-state index in [4.69, 9.17) is 11.5 Å². The Labute approximate surface area is 248 Å². The Morgan fingerprint density at radius 3 is 1.49 bits per heavy atom. The number of benzene rings is 3. The Morgan fingerprint density at radius 2 is 1.00 bits per heavy atom. The molecule has 4 N–H and O–H groups in total. The molecule has 0 aromatic heterocycles. The van der Waals surface area contributed by atoms with Gasteiger partial charge in [-0.25, -0.2) is 9.80 Å². The van der Waals surface area contributed by atoms with Crippen LogP contribution in [0, 0.1) is 30.6 Å². The predicted molar refractivity (Wildman–Crippen MR) is 166 cm³/mol. The van der Waals surface area contributed by atoms with E-state index in [-0.39, 0.29) is 23.6 Å². The molecule has 4 aliphatic rings. The number of nitrogen functional groups attached to an aromatic ring is 2. The van der Waals surface area contributed by atoms with Crippen LogP contribution in [0.2, 0.25) is 0 Å². The largest absolute Gasteiger partial charge is 0.399 e. The minimum atomic E-state index is -0.622. The molecule has 3 aromatic rings. The standard InChI is InChI=1S/C35H28N4O4/c1-19-16-26(38-32(40)27-13-6-22(17-29(27)34(38)42)20-2-8-24(36)9-3-20)12-15-31(19)39-33(41)28-14-7-23(18-30(28)35(39)43)21-4-10-25(37)11-5-21/h2-18,27-30H,36-37H2,1H3. The number of aryl methyl sites for hydroxylation is 1. The van der Waals surface area contributed by atoms with Crippen LogP contribution in [-0.2, 0) is 19.2 Å². The average molecular weight is 569 g/mol. The van der Waals surface area contributed by atoms with Gasteiger partial charge in [-0.15, -0.1) is 0 Å². The zero-order chi connectivity index (χ0) is 30.0. The van der Waals surface area contributed by atoms with E-state index in [2.05, 4.69) is 0 Å². The summed E-state index contributed by atoms with van der Waals surface area (Å²) < 4.78 is 0. The summed E-state index contributed by atoms with van der Waals surface area (Å²) in [4.78, 5) is 56.4. The number of nitrogens with two attached hydrogens (primary N) is 2. The summed E-state index contributed by atoms with van der Waals surface area (Å²) >= 11 is 0. The smallest absolute Gasteiger partial charge is 0.241 e. The fraction of sp³-hybridized carbons (Fsp3) is 0.143. The minimum Gasteiger partial charge on any atom is -0.399 e. The molecule has 0 saturated carbocycles. The normalized spacial score (nSPS) is 24.3. The van der Waals surface area contributed by atoms with E-state index >= 15 is 0 Å². The zero-order valence-corrected chi connectivity index (χ0v) is 23.3. The molecule has 4 amide bonds. The first kappa shape index (κ1) is 26.4. The molecule has 4 unspecified atom stereocenters. The van der Waals surface area contributed by atoms with Crippen LogP contribution in [0.25, 0.3) is 11.1 Å². The highest BCUT2D eigenvalue weighted by Crippen LogP contribution is 2.42. The van der Waals surface area contributed by atoms with Crippen LogP contribution in [0.1, 0.15) is 16.7 Å². The Bertz CT molecular complexity index is 1850. The van der Waals surface area contributed by atoms with Gasteiger partial charge in [0, 0.05) is 11.4 Å². The second-order valence-electron chi connectivity index (χ2n) is 11.3. The third-order valence-corrected chi connectivity index (χ3v) is 8.65. The lowest BCUT2D eigenvalue weighted by Gasteiger charge is -2.20. The van der Waals surface area contributed by atoms with E-state index in [0.717, 1.165) is 22.3 Å². The number of rotatable bonds is 4. The number of imide groups is 2. The van der Waals surface area contributed by atoms with Gasteiger partial charge in [-0.3, -0.25) is 19.2 Å². The lowest BCUT2D eigenvalue weighted by molar-refractivity contribution is -0.123. The van der Waals surface area contributed by atoms with E-state index < -0.39 is 23.7 Å². The van der Waals surface area contributed by atoms with Crippen molar-refractivity contribution in [2.24, 2.45) is 23.7 Å². The van der Waals surface area contributed by atoms with Gasteiger partial charge in [0.1, 0.15) is 0 Å². The number of fused-ring (bicyclic) bond motifs is 2. The first-order chi connectivity index (χ1) is 20.7. The first-order valence-corrected chi connectivity index (χ1v) is 14.1.